The zero-order valence-corrected chi connectivity index (χ0v) is 12.5. The number of thiophene rings is 1. The Balaban J connectivity index is 2.21. The highest BCUT2D eigenvalue weighted by atomic mass is 32.1. The summed E-state index contributed by atoms with van der Waals surface area (Å²) in [4.78, 5) is 12.8. The Hall–Kier alpha value is -1.23. The Kier molecular flexibility index (Phi) is 4.69. The minimum atomic E-state index is -0.0317. The van der Waals surface area contributed by atoms with Crippen molar-refractivity contribution in [1.29, 1.82) is 0 Å². The van der Waals surface area contributed by atoms with Gasteiger partial charge in [-0.25, -0.2) is 0 Å². The van der Waals surface area contributed by atoms with Crippen LogP contribution < -0.4 is 16.4 Å². The van der Waals surface area contributed by atoms with Gasteiger partial charge >= 0.3 is 0 Å². The summed E-state index contributed by atoms with van der Waals surface area (Å²) in [6.45, 7) is 5.81. The molecule has 1 saturated carbocycles. The van der Waals surface area contributed by atoms with Crippen LogP contribution in [-0.4, -0.2) is 19.0 Å². The average Bonchev–Trinajstić information content (AvgIpc) is 3.18. The Morgan fingerprint density at radius 1 is 1.32 bits per heavy atom. The first-order valence-electron chi connectivity index (χ1n) is 7.13. The molecule has 0 atom stereocenters. The number of hydrogen-bond donors (Lipinski definition) is 3. The second-order valence-corrected chi connectivity index (χ2v) is 6.07. The van der Waals surface area contributed by atoms with Crippen molar-refractivity contribution in [2.45, 2.75) is 45.4 Å². The van der Waals surface area contributed by atoms with Crippen molar-refractivity contribution in [3.8, 4) is 0 Å². The number of carbonyl (C=O) groups is 1. The maximum absolute atomic E-state index is 12.1. The van der Waals surface area contributed by atoms with Crippen molar-refractivity contribution in [3.63, 3.8) is 0 Å². The minimum Gasteiger partial charge on any atom is -0.397 e. The van der Waals surface area contributed by atoms with E-state index in [1.807, 2.05) is 6.92 Å². The monoisotopic (exact) mass is 281 g/mol. The molecule has 4 N–H and O–H groups in total. The summed E-state index contributed by atoms with van der Waals surface area (Å²) < 4.78 is 0. The molecule has 0 unspecified atom stereocenters. The number of rotatable bonds is 7. The molecule has 0 aromatic carbocycles. The fraction of sp³-hybridized carbons (Fsp3) is 0.643. The Bertz CT molecular complexity index is 452. The van der Waals surface area contributed by atoms with Gasteiger partial charge in [0, 0.05) is 18.7 Å². The number of carbonyl (C=O) groups excluding carboxylic acids is 1. The van der Waals surface area contributed by atoms with Crippen LogP contribution in [0.3, 0.4) is 0 Å². The summed E-state index contributed by atoms with van der Waals surface area (Å²) in [5, 5.41) is 7.42. The largest absolute Gasteiger partial charge is 0.397 e. The van der Waals surface area contributed by atoms with Crippen molar-refractivity contribution < 1.29 is 4.79 Å². The first kappa shape index (κ1) is 14.2. The molecule has 1 heterocycles. The number of nitrogens with two attached hydrogens (primary N) is 1. The third-order valence-electron chi connectivity index (χ3n) is 3.25. The quantitative estimate of drug-likeness (QED) is 0.719. The molecule has 1 aliphatic carbocycles. The fourth-order valence-electron chi connectivity index (χ4n) is 2.09. The zero-order chi connectivity index (χ0) is 13.8. The molecular formula is C14H23N3OS. The molecule has 0 saturated heterocycles. The van der Waals surface area contributed by atoms with Crippen LogP contribution in [-0.2, 0) is 0 Å². The van der Waals surface area contributed by atoms with Gasteiger partial charge in [-0.2, -0.15) is 0 Å². The van der Waals surface area contributed by atoms with Gasteiger partial charge in [0.2, 0.25) is 0 Å². The standard InChI is InChI=1S/C14H23N3OS/c1-3-7-16-13(18)12-11(15)10(9-5-6-9)14(19-12)17-8-4-2/h9,17H,3-8,15H2,1-2H3,(H,16,18). The lowest BCUT2D eigenvalue weighted by Gasteiger charge is -2.05. The Morgan fingerprint density at radius 2 is 2.00 bits per heavy atom. The molecule has 0 spiro atoms. The maximum atomic E-state index is 12.1. The average molecular weight is 281 g/mol. The third-order valence-corrected chi connectivity index (χ3v) is 4.42. The van der Waals surface area contributed by atoms with Crippen LogP contribution in [0, 0.1) is 0 Å². The molecule has 5 heteroatoms. The summed E-state index contributed by atoms with van der Waals surface area (Å²) in [6, 6.07) is 0. The normalized spacial score (nSPS) is 14.4. The zero-order valence-electron chi connectivity index (χ0n) is 11.7. The molecule has 1 aromatic rings. The molecule has 19 heavy (non-hydrogen) atoms. The van der Waals surface area contributed by atoms with Crippen LogP contribution in [0.1, 0.15) is 60.7 Å². The first-order valence-corrected chi connectivity index (χ1v) is 7.94. The second-order valence-electron chi connectivity index (χ2n) is 5.04. The molecule has 4 nitrogen and oxygen atoms in total. The van der Waals surface area contributed by atoms with Crippen molar-refractivity contribution in [1.82, 2.24) is 5.32 Å². The van der Waals surface area contributed by atoms with Gasteiger partial charge in [-0.1, -0.05) is 13.8 Å². The van der Waals surface area contributed by atoms with Gasteiger partial charge in [0.1, 0.15) is 4.88 Å². The van der Waals surface area contributed by atoms with E-state index in [0.29, 0.717) is 23.0 Å². The minimum absolute atomic E-state index is 0.0317. The Labute approximate surface area is 118 Å². The molecule has 1 aliphatic rings. The highest BCUT2D eigenvalue weighted by Crippen LogP contribution is 2.50. The summed E-state index contributed by atoms with van der Waals surface area (Å²) >= 11 is 1.50. The highest BCUT2D eigenvalue weighted by molar-refractivity contribution is 7.18. The van der Waals surface area contributed by atoms with E-state index in [1.165, 1.54) is 29.7 Å². The summed E-state index contributed by atoms with van der Waals surface area (Å²) in [5.41, 5.74) is 8.07. The van der Waals surface area contributed by atoms with E-state index < -0.39 is 0 Å². The topological polar surface area (TPSA) is 67.2 Å². The van der Waals surface area contributed by atoms with E-state index in [9.17, 15) is 4.79 Å². The molecule has 0 bridgehead atoms. The number of nitrogen functional groups attached to an aromatic ring is 1. The summed E-state index contributed by atoms with van der Waals surface area (Å²) in [7, 11) is 0. The van der Waals surface area contributed by atoms with Crippen LogP contribution in [0.2, 0.25) is 0 Å². The molecule has 1 aromatic heterocycles. The van der Waals surface area contributed by atoms with Gasteiger partial charge < -0.3 is 16.4 Å². The smallest absolute Gasteiger partial charge is 0.263 e. The number of hydrogen-bond acceptors (Lipinski definition) is 4. The lowest BCUT2D eigenvalue weighted by molar-refractivity contribution is 0.0958. The van der Waals surface area contributed by atoms with Crippen molar-refractivity contribution in [2.75, 3.05) is 24.1 Å². The Morgan fingerprint density at radius 3 is 2.58 bits per heavy atom. The van der Waals surface area contributed by atoms with Gasteiger partial charge in [-0.15, -0.1) is 11.3 Å². The van der Waals surface area contributed by atoms with Gasteiger partial charge in [-0.05, 0) is 31.6 Å². The first-order chi connectivity index (χ1) is 9.19. The summed E-state index contributed by atoms with van der Waals surface area (Å²) in [5.74, 6) is 0.527. The van der Waals surface area contributed by atoms with Crippen LogP contribution in [0.15, 0.2) is 0 Å². The van der Waals surface area contributed by atoms with E-state index in [1.54, 1.807) is 0 Å². The fourth-order valence-corrected chi connectivity index (χ4v) is 3.24. The highest BCUT2D eigenvalue weighted by Gasteiger charge is 2.32. The van der Waals surface area contributed by atoms with E-state index in [0.717, 1.165) is 24.4 Å². The lowest BCUT2D eigenvalue weighted by Crippen LogP contribution is -2.23. The van der Waals surface area contributed by atoms with Crippen molar-refractivity contribution in [3.05, 3.63) is 10.4 Å². The van der Waals surface area contributed by atoms with E-state index >= 15 is 0 Å². The van der Waals surface area contributed by atoms with Gasteiger partial charge in [0.25, 0.3) is 5.91 Å². The second kappa shape index (κ2) is 6.28. The lowest BCUT2D eigenvalue weighted by atomic mass is 10.1. The maximum Gasteiger partial charge on any atom is 0.263 e. The number of anilines is 2. The molecular weight excluding hydrogens is 258 g/mol. The molecule has 0 radical (unpaired) electrons. The van der Waals surface area contributed by atoms with Crippen LogP contribution >= 0.6 is 11.3 Å². The van der Waals surface area contributed by atoms with Crippen LogP contribution in [0.4, 0.5) is 10.7 Å². The predicted octanol–water partition coefficient (Wildman–Crippen LogP) is 3.17. The molecule has 0 aliphatic heterocycles. The van der Waals surface area contributed by atoms with E-state index in [-0.39, 0.29) is 5.91 Å². The molecule has 106 valence electrons. The van der Waals surface area contributed by atoms with Crippen molar-refractivity contribution >= 4 is 27.9 Å². The predicted molar refractivity (Wildman–Crippen MR) is 82.1 cm³/mol. The van der Waals surface area contributed by atoms with Crippen LogP contribution in [0.5, 0.6) is 0 Å². The summed E-state index contributed by atoms with van der Waals surface area (Å²) in [6.07, 6.45) is 4.39. The third kappa shape index (κ3) is 3.21. The molecule has 1 fully saturated rings. The number of nitrogens with one attached hydrogen (secondary N) is 2. The molecule has 1 amide bonds. The number of amides is 1. The van der Waals surface area contributed by atoms with E-state index in [2.05, 4.69) is 17.6 Å². The van der Waals surface area contributed by atoms with Crippen molar-refractivity contribution in [2.24, 2.45) is 0 Å². The van der Waals surface area contributed by atoms with Gasteiger partial charge in [0.05, 0.1) is 10.7 Å². The van der Waals surface area contributed by atoms with Crippen LogP contribution in [0.25, 0.3) is 0 Å². The molecule has 2 rings (SSSR count). The van der Waals surface area contributed by atoms with E-state index in [4.69, 9.17) is 5.73 Å². The van der Waals surface area contributed by atoms with Gasteiger partial charge in [0.15, 0.2) is 0 Å². The van der Waals surface area contributed by atoms with Gasteiger partial charge in [-0.3, -0.25) is 4.79 Å². The SMILES string of the molecule is CCCNC(=O)c1sc(NCCC)c(C2CC2)c1N.